The molecule has 1 saturated carbocycles. The molecule has 0 bridgehead atoms. The summed E-state index contributed by atoms with van der Waals surface area (Å²) in [6, 6.07) is 6.90. The number of halogens is 2. The summed E-state index contributed by atoms with van der Waals surface area (Å²) in [5.74, 6) is -0.0416. The molecule has 5 rings (SSSR count). The number of rotatable bonds is 4. The van der Waals surface area contributed by atoms with Crippen LogP contribution in [0.1, 0.15) is 34.9 Å². The van der Waals surface area contributed by atoms with Gasteiger partial charge in [-0.2, -0.15) is 0 Å². The number of amides is 1. The molecule has 1 fully saturated rings. The molecule has 3 aromatic rings. The molecule has 1 aromatic carbocycles. The lowest BCUT2D eigenvalue weighted by Crippen LogP contribution is -2.25. The van der Waals surface area contributed by atoms with Crippen molar-refractivity contribution >= 4 is 11.7 Å². The van der Waals surface area contributed by atoms with Crippen molar-refractivity contribution < 1.29 is 23.0 Å². The van der Waals surface area contributed by atoms with Crippen molar-refractivity contribution in [2.45, 2.75) is 32.1 Å². The summed E-state index contributed by atoms with van der Waals surface area (Å²) in [4.78, 5) is 21.1. The summed E-state index contributed by atoms with van der Waals surface area (Å²) >= 11 is 0. The number of benzene rings is 1. The monoisotopic (exact) mass is 398 g/mol. The van der Waals surface area contributed by atoms with Crippen molar-refractivity contribution in [2.24, 2.45) is 0 Å². The second kappa shape index (κ2) is 6.26. The van der Waals surface area contributed by atoms with Gasteiger partial charge >= 0.3 is 6.29 Å². The minimum absolute atomic E-state index is 0.0215. The van der Waals surface area contributed by atoms with Gasteiger partial charge in [0.05, 0.1) is 18.1 Å². The molecule has 3 heterocycles. The lowest BCUT2D eigenvalue weighted by molar-refractivity contribution is -0.286. The van der Waals surface area contributed by atoms with Gasteiger partial charge < -0.3 is 19.4 Å². The van der Waals surface area contributed by atoms with E-state index in [4.69, 9.17) is 0 Å². The SMILES string of the molecule is Cc1cc2c(cc1-c1cnc(NC(=O)c3cccn3C3CC3)cn1)OC(F)(F)O2. The molecule has 0 spiro atoms. The second-order valence-corrected chi connectivity index (χ2v) is 7.05. The zero-order valence-electron chi connectivity index (χ0n) is 15.4. The van der Waals surface area contributed by atoms with Crippen molar-refractivity contribution in [3.8, 4) is 22.8 Å². The minimum atomic E-state index is -3.68. The number of hydrogen-bond donors (Lipinski definition) is 1. The Morgan fingerprint density at radius 2 is 1.97 bits per heavy atom. The highest BCUT2D eigenvalue weighted by atomic mass is 19.3. The maximum Gasteiger partial charge on any atom is 0.586 e. The van der Waals surface area contributed by atoms with Gasteiger partial charge in [0.1, 0.15) is 5.69 Å². The van der Waals surface area contributed by atoms with Crippen molar-refractivity contribution in [3.63, 3.8) is 0 Å². The van der Waals surface area contributed by atoms with Crippen LogP contribution in [0.5, 0.6) is 11.5 Å². The molecule has 9 heteroatoms. The largest absolute Gasteiger partial charge is 0.586 e. The molecule has 1 N–H and O–H groups in total. The van der Waals surface area contributed by atoms with Gasteiger partial charge in [-0.3, -0.25) is 9.78 Å². The molecule has 1 aliphatic carbocycles. The standard InChI is InChI=1S/C20H16F2N4O3/c1-11-7-16-17(29-20(21,22)28-16)8-13(11)14-9-24-18(10-23-14)25-19(27)15-3-2-6-26(15)12-4-5-12/h2-3,6-10,12H,4-5H2,1H3,(H,24,25,27). The van der Waals surface area contributed by atoms with Gasteiger partial charge in [-0.1, -0.05) is 0 Å². The Morgan fingerprint density at radius 3 is 2.66 bits per heavy atom. The molecule has 148 valence electrons. The zero-order valence-corrected chi connectivity index (χ0v) is 15.4. The number of anilines is 1. The van der Waals surface area contributed by atoms with Gasteiger partial charge in [0.25, 0.3) is 5.91 Å². The summed E-state index contributed by atoms with van der Waals surface area (Å²) < 4.78 is 37.4. The van der Waals surface area contributed by atoms with Crippen molar-refractivity contribution in [1.29, 1.82) is 0 Å². The Balaban J connectivity index is 1.36. The molecular weight excluding hydrogens is 382 g/mol. The number of fused-ring (bicyclic) bond motifs is 1. The van der Waals surface area contributed by atoms with Crippen molar-refractivity contribution in [1.82, 2.24) is 14.5 Å². The average Bonchev–Trinajstić information content (AvgIpc) is 3.31. The molecule has 1 aliphatic heterocycles. The average molecular weight is 398 g/mol. The minimum Gasteiger partial charge on any atom is -0.395 e. The second-order valence-electron chi connectivity index (χ2n) is 7.05. The van der Waals surface area contributed by atoms with E-state index in [1.807, 2.05) is 16.8 Å². The van der Waals surface area contributed by atoms with Crippen LogP contribution >= 0.6 is 0 Å². The predicted octanol–water partition coefficient (Wildman–Crippen LogP) is 4.16. The van der Waals surface area contributed by atoms with Crippen LogP contribution in [-0.4, -0.2) is 26.7 Å². The summed E-state index contributed by atoms with van der Waals surface area (Å²) in [5, 5.41) is 2.74. The summed E-state index contributed by atoms with van der Waals surface area (Å²) in [5.41, 5.74) is 2.30. The Labute approximate surface area is 164 Å². The maximum atomic E-state index is 13.3. The Kier molecular flexibility index (Phi) is 3.80. The molecule has 29 heavy (non-hydrogen) atoms. The highest BCUT2D eigenvalue weighted by molar-refractivity contribution is 6.02. The number of aryl methyl sites for hydroxylation is 1. The summed E-state index contributed by atoms with van der Waals surface area (Å²) in [7, 11) is 0. The van der Waals surface area contributed by atoms with Gasteiger partial charge in [0, 0.05) is 17.8 Å². The molecular formula is C20H16F2N4O3. The number of alkyl halides is 2. The summed E-state index contributed by atoms with van der Waals surface area (Å²) in [6.45, 7) is 1.75. The molecule has 1 amide bonds. The van der Waals surface area contributed by atoms with Crippen LogP contribution in [0.25, 0.3) is 11.3 Å². The van der Waals surface area contributed by atoms with Gasteiger partial charge in [-0.25, -0.2) is 4.98 Å². The van der Waals surface area contributed by atoms with E-state index < -0.39 is 6.29 Å². The lowest BCUT2D eigenvalue weighted by atomic mass is 10.1. The van der Waals surface area contributed by atoms with E-state index in [1.165, 1.54) is 24.5 Å². The van der Waals surface area contributed by atoms with Crippen LogP contribution < -0.4 is 14.8 Å². The van der Waals surface area contributed by atoms with Crippen LogP contribution in [0, 0.1) is 6.92 Å². The fourth-order valence-corrected chi connectivity index (χ4v) is 3.34. The quantitative estimate of drug-likeness (QED) is 0.714. The van der Waals surface area contributed by atoms with Crippen LogP contribution in [0.2, 0.25) is 0 Å². The number of hydrogen-bond acceptors (Lipinski definition) is 5. The van der Waals surface area contributed by atoms with Crippen LogP contribution in [0.15, 0.2) is 42.9 Å². The van der Waals surface area contributed by atoms with E-state index in [1.54, 1.807) is 13.0 Å². The first-order valence-electron chi connectivity index (χ1n) is 9.11. The van der Waals surface area contributed by atoms with E-state index in [9.17, 15) is 13.6 Å². The molecule has 7 nitrogen and oxygen atoms in total. The topological polar surface area (TPSA) is 78.3 Å². The highest BCUT2D eigenvalue weighted by Crippen LogP contribution is 2.44. The molecule has 2 aromatic heterocycles. The van der Waals surface area contributed by atoms with Crippen molar-refractivity contribution in [2.75, 3.05) is 5.32 Å². The van der Waals surface area contributed by atoms with Crippen LogP contribution in [0.3, 0.4) is 0 Å². The predicted molar refractivity (Wildman–Crippen MR) is 99.1 cm³/mol. The van der Waals surface area contributed by atoms with E-state index in [-0.39, 0.29) is 17.4 Å². The Morgan fingerprint density at radius 1 is 1.21 bits per heavy atom. The molecule has 0 unspecified atom stereocenters. The normalized spacial score (nSPS) is 16.7. The highest BCUT2D eigenvalue weighted by Gasteiger charge is 2.43. The van der Waals surface area contributed by atoms with E-state index in [2.05, 4.69) is 24.8 Å². The number of carbonyl (C=O) groups is 1. The van der Waals surface area contributed by atoms with E-state index in [0.29, 0.717) is 34.4 Å². The maximum absolute atomic E-state index is 13.3. The summed E-state index contributed by atoms with van der Waals surface area (Å²) in [6.07, 6.45) is 3.27. The number of carbonyl (C=O) groups excluding carboxylic acids is 1. The third-order valence-electron chi connectivity index (χ3n) is 4.87. The first kappa shape index (κ1) is 17.6. The number of nitrogens with one attached hydrogen (secondary N) is 1. The van der Waals surface area contributed by atoms with Crippen LogP contribution in [-0.2, 0) is 0 Å². The fourth-order valence-electron chi connectivity index (χ4n) is 3.34. The van der Waals surface area contributed by atoms with Crippen LogP contribution in [0.4, 0.5) is 14.6 Å². The smallest absolute Gasteiger partial charge is 0.395 e. The number of aromatic nitrogens is 3. The number of nitrogens with zero attached hydrogens (tertiary/aromatic N) is 3. The van der Waals surface area contributed by atoms with E-state index >= 15 is 0 Å². The first-order chi connectivity index (χ1) is 13.9. The molecule has 0 saturated heterocycles. The third kappa shape index (κ3) is 3.28. The zero-order chi connectivity index (χ0) is 20.2. The molecule has 0 radical (unpaired) electrons. The van der Waals surface area contributed by atoms with E-state index in [0.717, 1.165) is 12.8 Å². The lowest BCUT2D eigenvalue weighted by Gasteiger charge is -2.09. The first-order valence-corrected chi connectivity index (χ1v) is 9.11. The number of ether oxygens (including phenoxy) is 2. The van der Waals surface area contributed by atoms with Gasteiger partial charge in [0.2, 0.25) is 0 Å². The Bertz CT molecular complexity index is 1110. The van der Waals surface area contributed by atoms with Gasteiger partial charge in [0.15, 0.2) is 17.3 Å². The van der Waals surface area contributed by atoms with Gasteiger partial charge in [-0.15, -0.1) is 8.78 Å². The van der Waals surface area contributed by atoms with Crippen molar-refractivity contribution in [3.05, 3.63) is 54.1 Å². The molecule has 2 aliphatic rings. The Hall–Kier alpha value is -3.49. The third-order valence-corrected chi connectivity index (χ3v) is 4.87. The van der Waals surface area contributed by atoms with Gasteiger partial charge in [-0.05, 0) is 49.6 Å². The molecule has 0 atom stereocenters. The fraction of sp³-hybridized carbons (Fsp3) is 0.250.